The highest BCUT2D eigenvalue weighted by Gasteiger charge is 2.06. The lowest BCUT2D eigenvalue weighted by Gasteiger charge is -2.04. The van der Waals surface area contributed by atoms with Gasteiger partial charge in [-0.1, -0.05) is 0 Å². The highest BCUT2D eigenvalue weighted by Crippen LogP contribution is 2.19. The molecule has 0 bridgehead atoms. The predicted molar refractivity (Wildman–Crippen MR) is 66.4 cm³/mol. The van der Waals surface area contributed by atoms with Crippen molar-refractivity contribution < 1.29 is 13.9 Å². The zero-order valence-electron chi connectivity index (χ0n) is 9.72. The Morgan fingerprint density at radius 3 is 2.83 bits per heavy atom. The van der Waals surface area contributed by atoms with Gasteiger partial charge in [0.05, 0.1) is 0 Å². The summed E-state index contributed by atoms with van der Waals surface area (Å²) >= 11 is 0. The van der Waals surface area contributed by atoms with E-state index in [1.165, 1.54) is 12.1 Å². The molecule has 0 aliphatic rings. The summed E-state index contributed by atoms with van der Waals surface area (Å²) in [6.07, 6.45) is 0.856. The third-order valence-electron chi connectivity index (χ3n) is 2.41. The van der Waals surface area contributed by atoms with Gasteiger partial charge in [-0.2, -0.15) is 0 Å². The number of ether oxygens (including phenoxy) is 1. The van der Waals surface area contributed by atoms with E-state index in [1.807, 2.05) is 0 Å². The molecule has 0 saturated carbocycles. The van der Waals surface area contributed by atoms with Gasteiger partial charge < -0.3 is 14.9 Å². The normalized spacial score (nSPS) is 10.5. The number of nitrogens with two attached hydrogens (primary N) is 1. The number of hydrogen-bond donors (Lipinski definition) is 1. The zero-order chi connectivity index (χ0) is 13.0. The van der Waals surface area contributed by atoms with Gasteiger partial charge in [0.25, 0.3) is 0 Å². The topological polar surface area (TPSA) is 82.5 Å². The largest absolute Gasteiger partial charge is 0.426 e. The lowest BCUT2D eigenvalue weighted by molar-refractivity contribution is -0.134. The van der Waals surface area contributed by atoms with Crippen molar-refractivity contribution in [1.29, 1.82) is 0 Å². The van der Waals surface area contributed by atoms with Gasteiger partial charge in [-0.05, 0) is 31.2 Å². The quantitative estimate of drug-likeness (QED) is 0.502. The van der Waals surface area contributed by atoms with E-state index in [9.17, 15) is 9.59 Å². The van der Waals surface area contributed by atoms with Gasteiger partial charge in [0.2, 0.25) is 0 Å². The Bertz CT molecular complexity index is 618. The molecular weight excluding hydrogens is 234 g/mol. The predicted octanol–water partition coefficient (Wildman–Crippen LogP) is 1.44. The minimum Gasteiger partial charge on any atom is -0.426 e. The van der Waals surface area contributed by atoms with E-state index in [1.54, 1.807) is 18.2 Å². The number of fused-ring (bicyclic) bond motifs is 1. The molecule has 1 aromatic carbocycles. The van der Waals surface area contributed by atoms with E-state index in [-0.39, 0.29) is 12.4 Å². The molecule has 5 heteroatoms. The molecular formula is C13H13NO4. The first-order valence-electron chi connectivity index (χ1n) is 5.64. The molecule has 2 N–H and O–H groups in total. The Morgan fingerprint density at radius 1 is 1.28 bits per heavy atom. The van der Waals surface area contributed by atoms with Gasteiger partial charge in [0, 0.05) is 23.9 Å². The van der Waals surface area contributed by atoms with Crippen molar-refractivity contribution >= 4 is 16.9 Å². The number of benzene rings is 1. The SMILES string of the molecule is NCCCC(=O)Oc1ccc2ccc(=O)oc2c1. The van der Waals surface area contributed by atoms with Gasteiger partial charge in [0.1, 0.15) is 11.3 Å². The van der Waals surface area contributed by atoms with Crippen molar-refractivity contribution in [3.05, 3.63) is 40.8 Å². The summed E-state index contributed by atoms with van der Waals surface area (Å²) in [7, 11) is 0. The average molecular weight is 247 g/mol. The molecule has 0 spiro atoms. The monoisotopic (exact) mass is 247 g/mol. The van der Waals surface area contributed by atoms with Crippen molar-refractivity contribution in [2.75, 3.05) is 6.54 Å². The van der Waals surface area contributed by atoms with E-state index in [0.717, 1.165) is 5.39 Å². The number of carbonyl (C=O) groups excluding carboxylic acids is 1. The summed E-state index contributed by atoms with van der Waals surface area (Å²) in [6.45, 7) is 0.446. The van der Waals surface area contributed by atoms with Gasteiger partial charge in [-0.3, -0.25) is 4.79 Å². The zero-order valence-corrected chi connectivity index (χ0v) is 9.72. The fourth-order valence-electron chi connectivity index (χ4n) is 1.53. The Balaban J connectivity index is 2.19. The maximum Gasteiger partial charge on any atom is 0.336 e. The van der Waals surface area contributed by atoms with Crippen LogP contribution >= 0.6 is 0 Å². The lowest BCUT2D eigenvalue weighted by atomic mass is 10.2. The summed E-state index contributed by atoms with van der Waals surface area (Å²) in [5.41, 5.74) is 5.26. The van der Waals surface area contributed by atoms with Crippen molar-refractivity contribution in [2.45, 2.75) is 12.8 Å². The number of esters is 1. The molecule has 2 aromatic rings. The van der Waals surface area contributed by atoms with Crippen LogP contribution in [0.3, 0.4) is 0 Å². The molecule has 0 radical (unpaired) electrons. The van der Waals surface area contributed by atoms with Crippen LogP contribution in [0.1, 0.15) is 12.8 Å². The molecule has 94 valence electrons. The summed E-state index contributed by atoms with van der Waals surface area (Å²) in [6, 6.07) is 7.90. The van der Waals surface area contributed by atoms with Crippen LogP contribution in [0.5, 0.6) is 5.75 Å². The molecule has 0 aliphatic heterocycles. The standard InChI is InChI=1S/C13H13NO4/c14-7-1-2-12(15)17-10-5-3-9-4-6-13(16)18-11(9)8-10/h3-6,8H,1-2,7,14H2. The molecule has 18 heavy (non-hydrogen) atoms. The number of carbonyl (C=O) groups is 1. The first-order chi connectivity index (χ1) is 8.69. The van der Waals surface area contributed by atoms with E-state index in [2.05, 4.69) is 0 Å². The van der Waals surface area contributed by atoms with Gasteiger partial charge in [0.15, 0.2) is 0 Å². The lowest BCUT2D eigenvalue weighted by Crippen LogP contribution is -2.10. The Hall–Kier alpha value is -2.14. The van der Waals surface area contributed by atoms with Crippen LogP contribution in [0.25, 0.3) is 11.0 Å². The van der Waals surface area contributed by atoms with Crippen LogP contribution in [-0.4, -0.2) is 12.5 Å². The minimum atomic E-state index is -0.436. The number of hydrogen-bond acceptors (Lipinski definition) is 5. The first-order valence-corrected chi connectivity index (χ1v) is 5.64. The second kappa shape index (κ2) is 5.46. The molecule has 0 aliphatic carbocycles. The minimum absolute atomic E-state index is 0.271. The van der Waals surface area contributed by atoms with Crippen LogP contribution in [0.15, 0.2) is 39.5 Å². The second-order valence-electron chi connectivity index (χ2n) is 3.82. The van der Waals surface area contributed by atoms with E-state index >= 15 is 0 Å². The molecule has 0 amide bonds. The van der Waals surface area contributed by atoms with Crippen LogP contribution in [0, 0.1) is 0 Å². The fourth-order valence-corrected chi connectivity index (χ4v) is 1.53. The third-order valence-corrected chi connectivity index (χ3v) is 2.41. The molecule has 0 fully saturated rings. The molecule has 0 unspecified atom stereocenters. The van der Waals surface area contributed by atoms with Crippen molar-refractivity contribution in [1.82, 2.24) is 0 Å². The van der Waals surface area contributed by atoms with E-state index in [0.29, 0.717) is 24.3 Å². The molecule has 2 rings (SSSR count). The maximum atomic E-state index is 11.4. The molecule has 0 atom stereocenters. The first kappa shape index (κ1) is 12.3. The van der Waals surface area contributed by atoms with Crippen LogP contribution in [0.4, 0.5) is 0 Å². The molecule has 5 nitrogen and oxygen atoms in total. The van der Waals surface area contributed by atoms with Crippen molar-refractivity contribution in [3.63, 3.8) is 0 Å². The van der Waals surface area contributed by atoms with Gasteiger partial charge >= 0.3 is 11.6 Å². The van der Waals surface area contributed by atoms with E-state index in [4.69, 9.17) is 14.9 Å². The molecule has 1 aromatic heterocycles. The van der Waals surface area contributed by atoms with Crippen LogP contribution < -0.4 is 16.1 Å². The number of rotatable bonds is 4. The average Bonchev–Trinajstić information content (AvgIpc) is 2.36. The Labute approximate surface area is 103 Å². The van der Waals surface area contributed by atoms with Crippen molar-refractivity contribution in [2.24, 2.45) is 5.73 Å². The van der Waals surface area contributed by atoms with Crippen LogP contribution in [-0.2, 0) is 4.79 Å². The summed E-state index contributed by atoms with van der Waals surface area (Å²) in [5, 5.41) is 0.774. The molecule has 1 heterocycles. The molecule has 0 saturated heterocycles. The summed E-state index contributed by atoms with van der Waals surface area (Å²) < 4.78 is 10.1. The Morgan fingerprint density at radius 2 is 2.06 bits per heavy atom. The second-order valence-corrected chi connectivity index (χ2v) is 3.82. The highest BCUT2D eigenvalue weighted by molar-refractivity contribution is 5.79. The maximum absolute atomic E-state index is 11.4. The van der Waals surface area contributed by atoms with Crippen LogP contribution in [0.2, 0.25) is 0 Å². The third kappa shape index (κ3) is 2.95. The summed E-state index contributed by atoms with van der Waals surface area (Å²) in [5.74, 6) is 0.0111. The van der Waals surface area contributed by atoms with Gasteiger partial charge in [-0.15, -0.1) is 0 Å². The fraction of sp³-hybridized carbons (Fsp3) is 0.231. The van der Waals surface area contributed by atoms with Gasteiger partial charge in [-0.25, -0.2) is 4.79 Å². The van der Waals surface area contributed by atoms with E-state index < -0.39 is 5.63 Å². The highest BCUT2D eigenvalue weighted by atomic mass is 16.5. The summed E-state index contributed by atoms with van der Waals surface area (Å²) in [4.78, 5) is 22.5. The van der Waals surface area contributed by atoms with Crippen molar-refractivity contribution in [3.8, 4) is 5.75 Å². The smallest absolute Gasteiger partial charge is 0.336 e. The Kier molecular flexibility index (Phi) is 3.74.